The summed E-state index contributed by atoms with van der Waals surface area (Å²) in [6, 6.07) is 17.4. The fraction of sp³-hybridized carbons (Fsp3) is 0.0526. The summed E-state index contributed by atoms with van der Waals surface area (Å²) in [7, 11) is -2.27. The van der Waals surface area contributed by atoms with Gasteiger partial charge in [-0.25, -0.2) is 8.42 Å². The molecule has 0 amide bonds. The van der Waals surface area contributed by atoms with Crippen molar-refractivity contribution in [1.82, 2.24) is 0 Å². The van der Waals surface area contributed by atoms with Gasteiger partial charge in [0.25, 0.3) is 10.0 Å². The van der Waals surface area contributed by atoms with Gasteiger partial charge >= 0.3 is 0 Å². The molecule has 140 valence electrons. The second kappa shape index (κ2) is 8.08. The summed E-state index contributed by atoms with van der Waals surface area (Å²) in [5, 5.41) is 0.811. The van der Waals surface area contributed by atoms with Gasteiger partial charge in [0.05, 0.1) is 17.7 Å². The summed E-state index contributed by atoms with van der Waals surface area (Å²) < 4.78 is 38.7. The second-order valence-corrected chi connectivity index (χ2v) is 8.03. The predicted octanol–water partition coefficient (Wildman–Crippen LogP) is 5.60. The normalized spacial score (nSPS) is 11.1. The van der Waals surface area contributed by atoms with Crippen molar-refractivity contribution in [2.45, 2.75) is 4.90 Å². The van der Waals surface area contributed by atoms with E-state index in [-0.39, 0.29) is 10.6 Å². The highest BCUT2D eigenvalue weighted by Crippen LogP contribution is 2.34. The average molecular weight is 424 g/mol. The Morgan fingerprint density at radius 2 is 1.41 bits per heavy atom. The summed E-state index contributed by atoms with van der Waals surface area (Å²) in [6.07, 6.45) is 0. The van der Waals surface area contributed by atoms with Crippen molar-refractivity contribution in [3.8, 4) is 17.2 Å². The van der Waals surface area contributed by atoms with Crippen molar-refractivity contribution in [3.05, 3.63) is 76.8 Å². The zero-order chi connectivity index (χ0) is 19.4. The van der Waals surface area contributed by atoms with Crippen LogP contribution in [0.3, 0.4) is 0 Å². The van der Waals surface area contributed by atoms with Crippen LogP contribution in [0.5, 0.6) is 17.2 Å². The summed E-state index contributed by atoms with van der Waals surface area (Å²) in [4.78, 5) is 0.0715. The molecule has 1 N–H and O–H groups in total. The van der Waals surface area contributed by atoms with Gasteiger partial charge in [0.15, 0.2) is 5.75 Å². The van der Waals surface area contributed by atoms with Crippen molar-refractivity contribution in [3.63, 3.8) is 0 Å². The molecule has 3 rings (SSSR count). The van der Waals surface area contributed by atoms with Crippen molar-refractivity contribution >= 4 is 38.9 Å². The van der Waals surface area contributed by atoms with E-state index in [1.165, 1.54) is 30.3 Å². The molecule has 3 aromatic carbocycles. The Morgan fingerprint density at radius 3 is 2.04 bits per heavy atom. The number of nitrogens with one attached hydrogen (secondary N) is 1. The van der Waals surface area contributed by atoms with Crippen LogP contribution in [0.25, 0.3) is 0 Å². The quantitative estimate of drug-likeness (QED) is 0.560. The van der Waals surface area contributed by atoms with Gasteiger partial charge in [-0.2, -0.15) is 0 Å². The standard InChI is InChI=1S/C19H15Cl2NO4S/c1-25-15-5-7-16(8-6-15)26-19-11-4-14(21)12-18(19)22-27(23,24)17-9-2-13(20)3-10-17/h2-12,22H,1H3. The maximum Gasteiger partial charge on any atom is 0.262 e. The van der Waals surface area contributed by atoms with Crippen LogP contribution in [0.4, 0.5) is 5.69 Å². The Kier molecular flexibility index (Phi) is 5.79. The first-order chi connectivity index (χ1) is 12.9. The molecule has 0 spiro atoms. The SMILES string of the molecule is COc1ccc(Oc2ccc(Cl)cc2NS(=O)(=O)c2ccc(Cl)cc2)cc1. The van der Waals surface area contributed by atoms with Gasteiger partial charge in [0, 0.05) is 10.0 Å². The second-order valence-electron chi connectivity index (χ2n) is 5.48. The number of rotatable bonds is 6. The van der Waals surface area contributed by atoms with Crippen LogP contribution in [-0.2, 0) is 10.0 Å². The van der Waals surface area contributed by atoms with Crippen molar-refractivity contribution in [2.24, 2.45) is 0 Å². The molecule has 0 aliphatic carbocycles. The van der Waals surface area contributed by atoms with E-state index in [9.17, 15) is 8.42 Å². The fourth-order valence-corrected chi connectivity index (χ4v) is 3.62. The lowest BCUT2D eigenvalue weighted by Crippen LogP contribution is -2.13. The third-order valence-electron chi connectivity index (χ3n) is 3.60. The molecule has 0 atom stereocenters. The Hall–Kier alpha value is -2.41. The molecule has 0 unspecified atom stereocenters. The fourth-order valence-electron chi connectivity index (χ4n) is 2.26. The largest absolute Gasteiger partial charge is 0.497 e. The molecule has 0 aliphatic heterocycles. The van der Waals surface area contributed by atoms with E-state index in [2.05, 4.69) is 4.72 Å². The smallest absolute Gasteiger partial charge is 0.262 e. The monoisotopic (exact) mass is 423 g/mol. The molecule has 0 bridgehead atoms. The minimum Gasteiger partial charge on any atom is -0.497 e. The first kappa shape index (κ1) is 19.4. The Balaban J connectivity index is 1.90. The van der Waals surface area contributed by atoms with Crippen LogP contribution < -0.4 is 14.2 Å². The van der Waals surface area contributed by atoms with Crippen LogP contribution >= 0.6 is 23.2 Å². The highest BCUT2D eigenvalue weighted by Gasteiger charge is 2.17. The predicted molar refractivity (Wildman–Crippen MR) is 107 cm³/mol. The van der Waals surface area contributed by atoms with Crippen molar-refractivity contribution in [1.29, 1.82) is 0 Å². The van der Waals surface area contributed by atoms with Crippen LogP contribution in [-0.4, -0.2) is 15.5 Å². The van der Waals surface area contributed by atoms with Crippen LogP contribution in [0, 0.1) is 0 Å². The molecule has 8 heteroatoms. The van der Waals surface area contributed by atoms with Gasteiger partial charge in [0.1, 0.15) is 11.5 Å². The van der Waals surface area contributed by atoms with Gasteiger partial charge in [-0.05, 0) is 66.7 Å². The third kappa shape index (κ3) is 4.86. The van der Waals surface area contributed by atoms with E-state index in [1.807, 2.05) is 0 Å². The van der Waals surface area contributed by atoms with Gasteiger partial charge in [-0.1, -0.05) is 23.2 Å². The van der Waals surface area contributed by atoms with E-state index in [4.69, 9.17) is 32.7 Å². The van der Waals surface area contributed by atoms with E-state index in [1.54, 1.807) is 43.5 Å². The third-order valence-corrected chi connectivity index (χ3v) is 5.47. The number of anilines is 1. The first-order valence-corrected chi connectivity index (χ1v) is 10.0. The van der Waals surface area contributed by atoms with E-state index in [0.29, 0.717) is 27.3 Å². The zero-order valence-electron chi connectivity index (χ0n) is 14.1. The average Bonchev–Trinajstić information content (AvgIpc) is 2.64. The Bertz CT molecular complexity index is 1040. The number of methoxy groups -OCH3 is 1. The molecule has 27 heavy (non-hydrogen) atoms. The lowest BCUT2D eigenvalue weighted by Gasteiger charge is -2.14. The van der Waals surface area contributed by atoms with Gasteiger partial charge in [-0.15, -0.1) is 0 Å². The summed E-state index contributed by atoms with van der Waals surface area (Å²) >= 11 is 11.8. The number of hydrogen-bond acceptors (Lipinski definition) is 4. The van der Waals surface area contributed by atoms with E-state index in [0.717, 1.165) is 0 Å². The molecule has 3 aromatic rings. The molecule has 0 aromatic heterocycles. The van der Waals surface area contributed by atoms with Crippen molar-refractivity contribution < 1.29 is 17.9 Å². The molecule has 0 aliphatic rings. The Morgan fingerprint density at radius 1 is 0.815 bits per heavy atom. The van der Waals surface area contributed by atoms with Crippen LogP contribution in [0.2, 0.25) is 10.0 Å². The molecule has 0 radical (unpaired) electrons. The minimum absolute atomic E-state index is 0.0715. The number of benzene rings is 3. The lowest BCUT2D eigenvalue weighted by molar-refractivity contribution is 0.413. The maximum absolute atomic E-state index is 12.6. The summed E-state index contributed by atoms with van der Waals surface area (Å²) in [5.74, 6) is 1.51. The highest BCUT2D eigenvalue weighted by molar-refractivity contribution is 7.92. The maximum atomic E-state index is 12.6. The van der Waals surface area contributed by atoms with Crippen molar-refractivity contribution in [2.75, 3.05) is 11.8 Å². The van der Waals surface area contributed by atoms with Gasteiger partial charge in [0.2, 0.25) is 0 Å². The topological polar surface area (TPSA) is 64.6 Å². The number of sulfonamides is 1. The number of halogens is 2. The molecule has 5 nitrogen and oxygen atoms in total. The minimum atomic E-state index is -3.84. The van der Waals surface area contributed by atoms with E-state index < -0.39 is 10.0 Å². The van der Waals surface area contributed by atoms with E-state index >= 15 is 0 Å². The zero-order valence-corrected chi connectivity index (χ0v) is 16.5. The number of ether oxygens (including phenoxy) is 2. The molecule has 0 heterocycles. The molecule has 0 saturated carbocycles. The van der Waals surface area contributed by atoms with Gasteiger partial charge in [-0.3, -0.25) is 4.72 Å². The highest BCUT2D eigenvalue weighted by atomic mass is 35.5. The van der Waals surface area contributed by atoms with Gasteiger partial charge < -0.3 is 9.47 Å². The molecular weight excluding hydrogens is 409 g/mol. The number of hydrogen-bond donors (Lipinski definition) is 1. The molecule has 0 saturated heterocycles. The lowest BCUT2D eigenvalue weighted by atomic mass is 10.3. The molecule has 0 fully saturated rings. The summed E-state index contributed by atoms with van der Waals surface area (Å²) in [5.41, 5.74) is 0.216. The Labute approximate surface area is 167 Å². The molecular formula is C19H15Cl2NO4S. The summed E-state index contributed by atoms with van der Waals surface area (Å²) in [6.45, 7) is 0. The first-order valence-electron chi connectivity index (χ1n) is 7.77. The van der Waals surface area contributed by atoms with Crippen LogP contribution in [0.15, 0.2) is 71.6 Å². The van der Waals surface area contributed by atoms with Crippen LogP contribution in [0.1, 0.15) is 0 Å².